The van der Waals surface area contributed by atoms with E-state index in [-0.39, 0.29) is 85.9 Å². The first kappa shape index (κ1) is 106. The van der Waals surface area contributed by atoms with Crippen LogP contribution in [0.1, 0.15) is 90.3 Å². The SMILES string of the molecule is CC(=O)O[C@@H]1[C@@H](OC[C@H]2O[C@@H](O[C@H]3[C@H](OCc4ccccc4)[C@@H](NC(=O)C(Cl)(Cl)Cl)[C@H](O[Si](c4ccccc4)(c4ccccc4)C(C)(C)C)O[C@@H]3COCc3ccccc3)[C@@H](OCc3ccccc3)[C@@H](O[C@H]3O[C@H](COCc4ccccc4)[C@@H](OCc4ccccc4)[C@H](OCc4ccccc4)[C@@H]3OC(C)=O)[C@@H]2OCc2ccccc2)O[C@H](COCc2ccccc2)[C@@H](OCc2ccccc2)[C@@H]1OCc1ccccc1. The zero-order chi connectivity index (χ0) is 99.9. The molecular formula is C116H124Cl3NO23Si. The molecule has 12 aromatic carbocycles. The summed E-state index contributed by atoms with van der Waals surface area (Å²) >= 11 is 20.5. The highest BCUT2D eigenvalue weighted by atomic mass is 35.6. The van der Waals surface area contributed by atoms with Crippen molar-refractivity contribution in [2.24, 2.45) is 0 Å². The van der Waals surface area contributed by atoms with Gasteiger partial charge in [-0.1, -0.05) is 420 Å². The molecular weight excluding hydrogens is 1910 g/mol. The monoisotopic (exact) mass is 2030 g/mol. The summed E-state index contributed by atoms with van der Waals surface area (Å²) in [6, 6.07) is 114. The van der Waals surface area contributed by atoms with Crippen molar-refractivity contribution in [3.63, 3.8) is 0 Å². The molecule has 0 bridgehead atoms. The van der Waals surface area contributed by atoms with Gasteiger partial charge in [0, 0.05) is 13.8 Å². The number of ether oxygens (including phenoxy) is 19. The van der Waals surface area contributed by atoms with Gasteiger partial charge in [0.05, 0.1) is 92.5 Å². The summed E-state index contributed by atoms with van der Waals surface area (Å²) in [6.45, 7) is 7.92. The zero-order valence-electron chi connectivity index (χ0n) is 81.1. The molecule has 16 rings (SSSR count). The highest BCUT2D eigenvalue weighted by Gasteiger charge is 2.62. The van der Waals surface area contributed by atoms with Gasteiger partial charge in [-0.25, -0.2) is 0 Å². The third-order valence-corrected chi connectivity index (χ3v) is 31.0. The molecule has 12 aromatic rings. The van der Waals surface area contributed by atoms with Gasteiger partial charge in [-0.15, -0.1) is 0 Å². The number of hydrogen-bond acceptors (Lipinski definition) is 23. The number of esters is 2. The Hall–Kier alpha value is -10.6. The number of nitrogens with one attached hydrogen (secondary N) is 1. The Kier molecular flexibility index (Phi) is 39.2. The van der Waals surface area contributed by atoms with Crippen molar-refractivity contribution in [3.8, 4) is 0 Å². The van der Waals surface area contributed by atoms with Crippen molar-refractivity contribution >= 4 is 71.3 Å². The Balaban J connectivity index is 0.897. The number of rotatable bonds is 47. The van der Waals surface area contributed by atoms with E-state index in [1.165, 1.54) is 13.8 Å². The first-order valence-electron chi connectivity index (χ1n) is 48.7. The maximum absolute atomic E-state index is 15.5. The number of amides is 1. The molecule has 20 atom stereocenters. The smallest absolute Gasteiger partial charge is 0.303 e. The van der Waals surface area contributed by atoms with E-state index >= 15 is 4.79 Å². The third kappa shape index (κ3) is 29.5. The van der Waals surface area contributed by atoms with Crippen molar-refractivity contribution in [2.45, 2.75) is 232 Å². The summed E-state index contributed by atoms with van der Waals surface area (Å²) in [7, 11) is -3.84. The summed E-state index contributed by atoms with van der Waals surface area (Å²) in [4.78, 5) is 44.4. The molecule has 0 spiro atoms. The van der Waals surface area contributed by atoms with Crippen molar-refractivity contribution in [1.29, 1.82) is 0 Å². The van der Waals surface area contributed by atoms with Crippen molar-refractivity contribution in [1.82, 2.24) is 5.32 Å². The quantitative estimate of drug-likeness (QED) is 0.0211. The normalized spacial score (nSPS) is 24.6. The van der Waals surface area contributed by atoms with Gasteiger partial charge >= 0.3 is 11.9 Å². The van der Waals surface area contributed by atoms with E-state index in [4.69, 9.17) is 129 Å². The summed E-state index contributed by atoms with van der Waals surface area (Å²) in [5, 5.41) is 4.12. The molecule has 24 nitrogen and oxygen atoms in total. The van der Waals surface area contributed by atoms with Crippen LogP contribution in [0.4, 0.5) is 0 Å². The Morgan fingerprint density at radius 2 is 0.514 bits per heavy atom. The molecule has 4 aliphatic heterocycles. The van der Waals surface area contributed by atoms with Crippen LogP contribution in [-0.2, 0) is 175 Å². The van der Waals surface area contributed by atoms with Gasteiger partial charge in [0.15, 0.2) is 37.4 Å². The predicted molar refractivity (Wildman–Crippen MR) is 546 cm³/mol. The van der Waals surface area contributed by atoms with Crippen molar-refractivity contribution < 1.29 is 109 Å². The number of carbonyl (C=O) groups excluding carboxylic acids is 3. The second kappa shape index (κ2) is 53.2. The standard InChI is InChI=1S/C116H124Cl3NO23Si/c1-80(121)135-108-104(131-73-89-56-32-13-33-57-89)99(127-69-85-48-24-9-25-49-85)94(76-124-66-82-42-18-6-19-43-82)138-111(108)134-79-97-101(129-71-87-52-28-11-29-53-87)106(142-113-109(136-81(2)122)105(132-74-90-58-34-14-35-59-90)100(128-70-86-50-26-10-27-51-86)95(139-113)77-125-67-83-44-20-7-21-45-83)107(133-75-91-60-36-15-37-61-91)112(140-97)141-102-96(78-126-68-84-46-22-8-23-47-84)137-110(98(120-114(123)116(117,118)119)103(102)130-72-88-54-30-12-31-55-88)143-144(115(3,4)5,92-62-38-16-39-63-92)93-64-40-17-41-65-93/h6-65,94-113H,66-79H2,1-5H3,(H,120,123)/t94-,95-,96-,97-,98-,99-,100-,101-,102-,103-,104+,105+,106+,107+,108+,109+,110+,111+,112+,113-/m1/s1. The van der Waals surface area contributed by atoms with Crippen LogP contribution >= 0.6 is 34.8 Å². The van der Waals surface area contributed by atoms with Crippen LogP contribution in [0.2, 0.25) is 5.04 Å². The van der Waals surface area contributed by atoms with Gasteiger partial charge in [0.25, 0.3) is 18.0 Å². The first-order chi connectivity index (χ1) is 70.2. The number of hydrogen-bond donors (Lipinski definition) is 1. The highest BCUT2D eigenvalue weighted by molar-refractivity contribution is 6.99. The minimum Gasteiger partial charge on any atom is -0.454 e. The second-order valence-electron chi connectivity index (χ2n) is 37.0. The average Bonchev–Trinajstić information content (AvgIpc) is 0.728. The lowest BCUT2D eigenvalue weighted by atomic mass is 9.94. The van der Waals surface area contributed by atoms with Crippen molar-refractivity contribution in [2.75, 3.05) is 26.4 Å². The second-order valence-corrected chi connectivity index (χ2v) is 43.5. The van der Waals surface area contributed by atoms with E-state index in [9.17, 15) is 9.59 Å². The maximum atomic E-state index is 15.5. The third-order valence-electron chi connectivity index (χ3n) is 25.5. The molecule has 0 unspecified atom stereocenters. The molecule has 0 saturated carbocycles. The largest absolute Gasteiger partial charge is 0.454 e. The Morgan fingerprint density at radius 1 is 0.271 bits per heavy atom. The predicted octanol–water partition coefficient (Wildman–Crippen LogP) is 18.7. The van der Waals surface area contributed by atoms with Crippen LogP contribution in [0.25, 0.3) is 0 Å². The molecule has 756 valence electrons. The number of halogens is 3. The summed E-state index contributed by atoms with van der Waals surface area (Å²) in [6.07, 6.45) is -26.5. The van der Waals surface area contributed by atoms with Gasteiger partial charge in [0.2, 0.25) is 0 Å². The molecule has 1 N–H and O–H groups in total. The lowest BCUT2D eigenvalue weighted by molar-refractivity contribution is -0.392. The fraction of sp³-hybridized carbons (Fsp3) is 0.353. The van der Waals surface area contributed by atoms with Crippen LogP contribution in [0, 0.1) is 0 Å². The summed E-state index contributed by atoms with van der Waals surface area (Å²) in [5.74, 6) is -2.50. The zero-order valence-corrected chi connectivity index (χ0v) is 84.4. The van der Waals surface area contributed by atoms with E-state index in [0.717, 1.165) is 49.3 Å². The summed E-state index contributed by atoms with van der Waals surface area (Å²) < 4.78 is 145. The molecule has 0 radical (unpaired) electrons. The molecule has 0 aliphatic carbocycles. The van der Waals surface area contributed by atoms with Gasteiger partial charge in [-0.3, -0.25) is 14.4 Å². The Bertz CT molecular complexity index is 5750. The number of carbonyl (C=O) groups is 3. The van der Waals surface area contributed by atoms with Crippen LogP contribution in [0.3, 0.4) is 0 Å². The molecule has 4 heterocycles. The van der Waals surface area contributed by atoms with Crippen LogP contribution < -0.4 is 15.7 Å². The fourth-order valence-corrected chi connectivity index (χ4v) is 23.3. The van der Waals surface area contributed by atoms with Gasteiger partial charge in [-0.05, 0) is 71.0 Å². The molecule has 144 heavy (non-hydrogen) atoms. The molecule has 1 amide bonds. The van der Waals surface area contributed by atoms with E-state index in [0.29, 0.717) is 16.7 Å². The molecule has 4 aliphatic rings. The fourth-order valence-electron chi connectivity index (χ4n) is 18.6. The minimum absolute atomic E-state index is 0.0124. The number of alkyl halides is 3. The minimum atomic E-state index is -3.84. The lowest BCUT2D eigenvalue weighted by Crippen LogP contribution is -2.74. The van der Waals surface area contributed by atoms with Crippen LogP contribution in [-0.4, -0.2) is 179 Å². The maximum Gasteiger partial charge on any atom is 0.303 e. The molecule has 4 fully saturated rings. The summed E-state index contributed by atoms with van der Waals surface area (Å²) in [5.41, 5.74) is 7.92. The van der Waals surface area contributed by atoms with Gasteiger partial charge < -0.3 is 99.7 Å². The van der Waals surface area contributed by atoms with E-state index in [1.54, 1.807) is 0 Å². The number of benzene rings is 12. The molecule has 28 heteroatoms. The lowest BCUT2D eigenvalue weighted by Gasteiger charge is -2.53. The Labute approximate surface area is 858 Å². The van der Waals surface area contributed by atoms with Gasteiger partial charge in [0.1, 0.15) is 85.4 Å². The van der Waals surface area contributed by atoms with E-state index in [1.807, 2.05) is 364 Å². The van der Waals surface area contributed by atoms with Crippen molar-refractivity contribution in [3.05, 3.63) is 420 Å². The molecule has 0 aromatic heterocycles. The average molecular weight is 2030 g/mol. The molecule has 4 saturated heterocycles. The Morgan fingerprint density at radius 3 is 0.826 bits per heavy atom. The van der Waals surface area contributed by atoms with E-state index in [2.05, 4.69) is 26.1 Å². The van der Waals surface area contributed by atoms with Crippen LogP contribution in [0.15, 0.2) is 364 Å². The van der Waals surface area contributed by atoms with Crippen LogP contribution in [0.5, 0.6) is 0 Å². The van der Waals surface area contributed by atoms with Gasteiger partial charge in [-0.2, -0.15) is 0 Å². The topological polar surface area (TPSA) is 248 Å². The van der Waals surface area contributed by atoms with E-state index < -0.39 is 164 Å². The first-order valence-corrected chi connectivity index (χ1v) is 51.8. The highest BCUT2D eigenvalue weighted by Crippen LogP contribution is 2.45.